The van der Waals surface area contributed by atoms with E-state index >= 15 is 0 Å². The molecule has 0 spiro atoms. The first-order chi connectivity index (χ1) is 14.0. The van der Waals surface area contributed by atoms with E-state index in [0.717, 1.165) is 42.1 Å². The van der Waals surface area contributed by atoms with Crippen molar-refractivity contribution >= 4 is 18.0 Å². The highest BCUT2D eigenvalue weighted by atomic mass is 16.5. The second kappa shape index (κ2) is 8.36. The molecule has 0 aliphatic heterocycles. The number of nitrogens with zero attached hydrogens (tertiary/aromatic N) is 3. The topological polar surface area (TPSA) is 51.2 Å². The average Bonchev–Trinajstić information content (AvgIpc) is 3.05. The lowest BCUT2D eigenvalue weighted by molar-refractivity contribution is -0.395. The monoisotopic (exact) mass is 392 g/mol. The first-order valence-electron chi connectivity index (χ1n) is 10.6. The zero-order chi connectivity index (χ0) is 20.4. The summed E-state index contributed by atoms with van der Waals surface area (Å²) in [5.41, 5.74) is 6.01. The highest BCUT2D eigenvalue weighted by Crippen LogP contribution is 2.39. The summed E-state index contributed by atoms with van der Waals surface area (Å²) in [4.78, 5) is 4.77. The van der Waals surface area contributed by atoms with Gasteiger partial charge < -0.3 is 9.26 Å². The van der Waals surface area contributed by atoms with Crippen molar-refractivity contribution < 1.29 is 13.8 Å². The van der Waals surface area contributed by atoms with Gasteiger partial charge in [0, 0.05) is 17.2 Å². The minimum atomic E-state index is 0.0936. The summed E-state index contributed by atoms with van der Waals surface area (Å²) in [6.07, 6.45) is 10.7. The van der Waals surface area contributed by atoms with E-state index in [4.69, 9.17) is 14.2 Å². The summed E-state index contributed by atoms with van der Waals surface area (Å²) < 4.78 is 13.4. The molecule has 1 aromatic carbocycles. The number of ether oxygens (including phenoxy) is 1. The summed E-state index contributed by atoms with van der Waals surface area (Å²) in [6.45, 7) is 8.05. The molecular formula is C24H30N3O2+. The van der Waals surface area contributed by atoms with Crippen molar-refractivity contribution in [3.8, 4) is 17.2 Å². The quantitative estimate of drug-likeness (QED) is 0.467. The molecule has 2 aromatic rings. The molecule has 4 rings (SSSR count). The van der Waals surface area contributed by atoms with Crippen LogP contribution in [0.4, 0.5) is 5.69 Å². The van der Waals surface area contributed by atoms with Gasteiger partial charge in [-0.2, -0.15) is 4.98 Å². The van der Waals surface area contributed by atoms with Crippen LogP contribution in [0.3, 0.4) is 0 Å². The molecule has 0 amide bonds. The van der Waals surface area contributed by atoms with Crippen LogP contribution in [0.5, 0.6) is 5.75 Å². The summed E-state index contributed by atoms with van der Waals surface area (Å²) in [6, 6.07) is 5.92. The maximum Gasteiger partial charge on any atom is 0.258 e. The number of fused-ring (bicyclic) bond motifs is 1. The van der Waals surface area contributed by atoms with Gasteiger partial charge in [-0.15, -0.1) is 0 Å². The van der Waals surface area contributed by atoms with Crippen LogP contribution in [0.15, 0.2) is 39.9 Å². The third kappa shape index (κ3) is 4.19. The molecule has 29 heavy (non-hydrogen) atoms. The van der Waals surface area contributed by atoms with Crippen LogP contribution in [0.2, 0.25) is 0 Å². The Balaban J connectivity index is 1.68. The van der Waals surface area contributed by atoms with Crippen molar-refractivity contribution in [1.29, 1.82) is 0 Å². The number of hydrogen-bond donors (Lipinski definition) is 0. The Morgan fingerprint density at radius 1 is 1.10 bits per heavy atom. The standard InChI is InChI=1S/C24H30N3O2/c1-16(2)28-22-14-13-18(15-21(22)27(3)4)24-25-23(26-29-24)20-12-8-10-17-9-6-5-7-11-19(17)20/h10,13-16H,3,5-9,11-12H2,1-2,4H3/q+1. The molecule has 0 bridgehead atoms. The Kier molecular flexibility index (Phi) is 5.65. The molecule has 1 heterocycles. The van der Waals surface area contributed by atoms with E-state index < -0.39 is 0 Å². The lowest BCUT2D eigenvalue weighted by atomic mass is 9.87. The van der Waals surface area contributed by atoms with E-state index in [1.807, 2.05) is 39.1 Å². The summed E-state index contributed by atoms with van der Waals surface area (Å²) >= 11 is 0. The molecule has 2 aliphatic carbocycles. The molecule has 1 aromatic heterocycles. The Morgan fingerprint density at radius 2 is 1.93 bits per heavy atom. The van der Waals surface area contributed by atoms with Crippen molar-refractivity contribution in [1.82, 2.24) is 10.1 Å². The lowest BCUT2D eigenvalue weighted by Gasteiger charge is -2.18. The number of aromatic nitrogens is 2. The van der Waals surface area contributed by atoms with Gasteiger partial charge in [0.1, 0.15) is 13.8 Å². The molecule has 0 radical (unpaired) electrons. The Hall–Kier alpha value is -2.69. The highest BCUT2D eigenvalue weighted by molar-refractivity contribution is 5.71. The molecule has 5 heteroatoms. The normalized spacial score (nSPS) is 17.0. The Labute approximate surface area is 172 Å². The van der Waals surface area contributed by atoms with E-state index in [1.54, 1.807) is 4.58 Å². The third-order valence-electron chi connectivity index (χ3n) is 5.59. The number of rotatable bonds is 5. The molecule has 5 nitrogen and oxygen atoms in total. The zero-order valence-electron chi connectivity index (χ0n) is 17.7. The van der Waals surface area contributed by atoms with Crippen molar-refractivity contribution in [2.24, 2.45) is 0 Å². The summed E-state index contributed by atoms with van der Waals surface area (Å²) in [7, 11) is 1.90. The average molecular weight is 393 g/mol. The highest BCUT2D eigenvalue weighted by Gasteiger charge is 2.23. The van der Waals surface area contributed by atoms with Crippen molar-refractivity contribution in [3.05, 3.63) is 41.2 Å². The van der Waals surface area contributed by atoms with Crippen LogP contribution in [0.25, 0.3) is 17.0 Å². The molecule has 152 valence electrons. The minimum Gasteiger partial charge on any atom is -0.484 e. The van der Waals surface area contributed by atoms with Crippen LogP contribution >= 0.6 is 0 Å². The van der Waals surface area contributed by atoms with Gasteiger partial charge in [-0.3, -0.25) is 0 Å². The van der Waals surface area contributed by atoms with Crippen molar-refractivity contribution in [2.75, 3.05) is 7.05 Å². The van der Waals surface area contributed by atoms with Gasteiger partial charge in [0.15, 0.2) is 11.6 Å². The lowest BCUT2D eigenvalue weighted by Crippen LogP contribution is -2.08. The minimum absolute atomic E-state index is 0.0936. The van der Waals surface area contributed by atoms with Crippen molar-refractivity contribution in [2.45, 2.75) is 64.9 Å². The molecular weight excluding hydrogens is 362 g/mol. The van der Waals surface area contributed by atoms with Gasteiger partial charge in [-0.25, -0.2) is 4.58 Å². The van der Waals surface area contributed by atoms with Crippen LogP contribution in [-0.2, 0) is 0 Å². The second-order valence-corrected chi connectivity index (χ2v) is 8.26. The van der Waals surface area contributed by atoms with Crippen LogP contribution in [-0.4, -0.2) is 34.6 Å². The molecule has 1 saturated carbocycles. The smallest absolute Gasteiger partial charge is 0.258 e. The maximum absolute atomic E-state index is 5.91. The molecule has 0 N–H and O–H groups in total. The third-order valence-corrected chi connectivity index (χ3v) is 5.59. The Bertz CT molecular complexity index is 982. The largest absolute Gasteiger partial charge is 0.484 e. The fraction of sp³-hybridized carbons (Fsp3) is 0.458. The number of allylic oxidation sites excluding steroid dienone is 4. The van der Waals surface area contributed by atoms with E-state index in [0.29, 0.717) is 5.89 Å². The second-order valence-electron chi connectivity index (χ2n) is 8.26. The van der Waals surface area contributed by atoms with Gasteiger partial charge in [-0.1, -0.05) is 17.7 Å². The fourth-order valence-electron chi connectivity index (χ4n) is 4.23. The van der Waals surface area contributed by atoms with Gasteiger partial charge in [0.05, 0.1) is 6.10 Å². The summed E-state index contributed by atoms with van der Waals surface area (Å²) in [5.74, 6) is 2.08. The van der Waals surface area contributed by atoms with Crippen molar-refractivity contribution in [3.63, 3.8) is 0 Å². The van der Waals surface area contributed by atoms with Gasteiger partial charge in [0.2, 0.25) is 5.69 Å². The first-order valence-corrected chi connectivity index (χ1v) is 10.6. The Morgan fingerprint density at radius 3 is 2.72 bits per heavy atom. The van der Waals surface area contributed by atoms with Gasteiger partial charge in [-0.05, 0) is 75.7 Å². The predicted molar refractivity (Wildman–Crippen MR) is 116 cm³/mol. The summed E-state index contributed by atoms with van der Waals surface area (Å²) in [5, 5.41) is 4.35. The molecule has 2 aliphatic rings. The number of hydrogen-bond acceptors (Lipinski definition) is 4. The SMILES string of the molecule is C=[N+](C)c1cc(-c2nc(C3=C4CCCCCC4=CCC3)no2)ccc1OC(C)C. The fourth-order valence-corrected chi connectivity index (χ4v) is 4.23. The van der Waals surface area contributed by atoms with Gasteiger partial charge in [0.25, 0.3) is 5.89 Å². The van der Waals surface area contributed by atoms with Gasteiger partial charge >= 0.3 is 0 Å². The molecule has 0 unspecified atom stereocenters. The van der Waals surface area contributed by atoms with E-state index in [2.05, 4.69) is 18.0 Å². The predicted octanol–water partition coefficient (Wildman–Crippen LogP) is 5.94. The first kappa shape index (κ1) is 19.6. The van der Waals surface area contributed by atoms with E-state index in [9.17, 15) is 0 Å². The molecule has 0 atom stereocenters. The maximum atomic E-state index is 5.91. The van der Waals surface area contributed by atoms with Crippen LogP contribution in [0.1, 0.15) is 64.6 Å². The van der Waals surface area contributed by atoms with E-state index in [1.165, 1.54) is 42.4 Å². The van der Waals surface area contributed by atoms with Crippen LogP contribution in [0, 0.1) is 0 Å². The van der Waals surface area contributed by atoms with E-state index in [-0.39, 0.29) is 6.10 Å². The van der Waals surface area contributed by atoms with Crippen LogP contribution < -0.4 is 4.74 Å². The zero-order valence-corrected chi connectivity index (χ0v) is 17.7. The molecule has 1 fully saturated rings. The number of benzene rings is 1. The molecule has 0 saturated heterocycles.